The first kappa shape index (κ1) is 17.2. The van der Waals surface area contributed by atoms with Crippen molar-refractivity contribution in [3.05, 3.63) is 62.9 Å². The van der Waals surface area contributed by atoms with E-state index >= 15 is 0 Å². The topological polar surface area (TPSA) is 89.5 Å². The van der Waals surface area contributed by atoms with Crippen LogP contribution in [0.1, 0.15) is 10.4 Å². The molecule has 0 bridgehead atoms. The fourth-order valence-electron chi connectivity index (χ4n) is 2.33. The van der Waals surface area contributed by atoms with E-state index < -0.39 is 10.8 Å². The number of hydrogen-bond acceptors (Lipinski definition) is 6. The van der Waals surface area contributed by atoms with E-state index in [1.165, 1.54) is 29.2 Å². The second kappa shape index (κ2) is 7.08. The monoisotopic (exact) mass is 374 g/mol. The highest BCUT2D eigenvalue weighted by Gasteiger charge is 2.17. The Morgan fingerprint density at radius 1 is 1.32 bits per heavy atom. The molecular formula is C16H14N4O3S2. The molecule has 0 aliphatic carbocycles. The van der Waals surface area contributed by atoms with Crippen LogP contribution in [0.25, 0.3) is 10.2 Å². The van der Waals surface area contributed by atoms with Crippen LogP contribution in [0.3, 0.4) is 0 Å². The van der Waals surface area contributed by atoms with E-state index in [-0.39, 0.29) is 11.3 Å². The van der Waals surface area contributed by atoms with Gasteiger partial charge in [0.15, 0.2) is 0 Å². The summed E-state index contributed by atoms with van der Waals surface area (Å²) in [6.45, 7) is 0. The number of thioether (sulfide) groups is 1. The molecule has 0 aliphatic rings. The number of amides is 1. The van der Waals surface area contributed by atoms with Crippen LogP contribution in [-0.2, 0) is 7.05 Å². The lowest BCUT2D eigenvalue weighted by atomic mass is 10.2. The predicted molar refractivity (Wildman–Crippen MR) is 98.7 cm³/mol. The number of aromatic nitrogens is 1. The van der Waals surface area contributed by atoms with Gasteiger partial charge in [0.05, 0.1) is 20.0 Å². The molecule has 7 nitrogen and oxygen atoms in total. The van der Waals surface area contributed by atoms with Gasteiger partial charge in [0.2, 0.25) is 4.80 Å². The molecule has 0 atom stereocenters. The van der Waals surface area contributed by atoms with Gasteiger partial charge in [0, 0.05) is 18.7 Å². The van der Waals surface area contributed by atoms with Gasteiger partial charge in [-0.25, -0.2) is 5.43 Å². The van der Waals surface area contributed by atoms with Gasteiger partial charge in [0.1, 0.15) is 0 Å². The number of hydrogen-bond donors (Lipinski definition) is 1. The van der Waals surface area contributed by atoms with Crippen LogP contribution in [0, 0.1) is 10.1 Å². The maximum Gasteiger partial charge on any atom is 0.283 e. The van der Waals surface area contributed by atoms with Crippen LogP contribution < -0.4 is 10.2 Å². The summed E-state index contributed by atoms with van der Waals surface area (Å²) >= 11 is 2.71. The molecule has 1 amide bonds. The summed E-state index contributed by atoms with van der Waals surface area (Å²) in [4.78, 5) is 24.0. The maximum absolute atomic E-state index is 12.3. The number of thiazole rings is 1. The lowest BCUT2D eigenvalue weighted by Crippen LogP contribution is -2.23. The number of fused-ring (bicyclic) bond motifs is 1. The summed E-state index contributed by atoms with van der Waals surface area (Å²) in [5.41, 5.74) is 3.58. The Hall–Kier alpha value is -2.65. The first-order valence-corrected chi connectivity index (χ1v) is 9.26. The summed E-state index contributed by atoms with van der Waals surface area (Å²) in [6, 6.07) is 12.2. The van der Waals surface area contributed by atoms with E-state index in [2.05, 4.69) is 10.5 Å². The van der Waals surface area contributed by atoms with Crippen LogP contribution in [-0.4, -0.2) is 21.7 Å². The Bertz CT molecular complexity index is 1040. The number of nitro benzene ring substituents is 1. The van der Waals surface area contributed by atoms with E-state index in [4.69, 9.17) is 0 Å². The average molecular weight is 374 g/mol. The molecule has 9 heteroatoms. The molecule has 0 aliphatic heterocycles. The van der Waals surface area contributed by atoms with Crippen molar-refractivity contribution in [2.45, 2.75) is 4.90 Å². The van der Waals surface area contributed by atoms with Crippen molar-refractivity contribution in [1.82, 2.24) is 9.99 Å². The predicted octanol–water partition coefficient (Wildman–Crippen LogP) is 3.12. The number of nitrogens with zero attached hydrogens (tertiary/aromatic N) is 3. The van der Waals surface area contributed by atoms with E-state index in [9.17, 15) is 14.9 Å². The fourth-order valence-corrected chi connectivity index (χ4v) is 3.85. The Kier molecular flexibility index (Phi) is 4.86. The van der Waals surface area contributed by atoms with Gasteiger partial charge in [-0.2, -0.15) is 0 Å². The Morgan fingerprint density at radius 3 is 2.76 bits per heavy atom. The number of benzene rings is 2. The summed E-state index contributed by atoms with van der Waals surface area (Å²) in [5, 5.41) is 15.3. The molecule has 0 saturated carbocycles. The molecule has 0 spiro atoms. The van der Waals surface area contributed by atoms with Crippen molar-refractivity contribution in [2.24, 2.45) is 12.1 Å². The molecule has 0 unspecified atom stereocenters. The molecular weight excluding hydrogens is 360 g/mol. The Labute approximate surface area is 151 Å². The van der Waals surface area contributed by atoms with E-state index in [1.54, 1.807) is 18.4 Å². The van der Waals surface area contributed by atoms with Gasteiger partial charge in [0.25, 0.3) is 11.6 Å². The van der Waals surface area contributed by atoms with E-state index in [1.807, 2.05) is 35.9 Å². The van der Waals surface area contributed by atoms with Crippen molar-refractivity contribution in [2.75, 3.05) is 6.26 Å². The molecule has 1 heterocycles. The molecule has 1 N–H and O–H groups in total. The number of para-hydroxylation sites is 1. The number of carbonyl (C=O) groups excluding carboxylic acids is 1. The third kappa shape index (κ3) is 3.42. The molecule has 1 aromatic heterocycles. The minimum atomic E-state index is -0.494. The van der Waals surface area contributed by atoms with Gasteiger partial charge in [-0.1, -0.05) is 23.5 Å². The molecule has 3 aromatic rings. The second-order valence-corrected chi connectivity index (χ2v) is 6.97. The molecule has 2 aromatic carbocycles. The van der Waals surface area contributed by atoms with Gasteiger partial charge < -0.3 is 4.57 Å². The third-order valence-corrected chi connectivity index (χ3v) is 5.50. The minimum Gasteiger partial charge on any atom is -0.318 e. The quantitative estimate of drug-likeness (QED) is 0.432. The van der Waals surface area contributed by atoms with Crippen LogP contribution in [0.4, 0.5) is 5.69 Å². The van der Waals surface area contributed by atoms with Crippen molar-refractivity contribution >= 4 is 44.9 Å². The first-order chi connectivity index (χ1) is 12.0. The van der Waals surface area contributed by atoms with Crippen molar-refractivity contribution in [1.29, 1.82) is 0 Å². The highest BCUT2D eigenvalue weighted by Crippen LogP contribution is 2.28. The zero-order valence-corrected chi connectivity index (χ0v) is 15.1. The molecule has 3 rings (SSSR count). The van der Waals surface area contributed by atoms with Crippen LogP contribution in [0.5, 0.6) is 0 Å². The molecule has 128 valence electrons. The first-order valence-electron chi connectivity index (χ1n) is 7.22. The molecule has 0 radical (unpaired) electrons. The normalized spacial score (nSPS) is 11.7. The zero-order valence-electron chi connectivity index (χ0n) is 13.4. The minimum absolute atomic E-state index is 0.0902. The maximum atomic E-state index is 12.3. The van der Waals surface area contributed by atoms with E-state index in [0.717, 1.165) is 10.2 Å². The SMILES string of the molecule is CSc1ccc(C(=O)N/N=c2\sc3ccccc3n2C)cc1[N+](=O)[O-]. The lowest BCUT2D eigenvalue weighted by molar-refractivity contribution is -0.387. The smallest absolute Gasteiger partial charge is 0.283 e. The fraction of sp³-hybridized carbons (Fsp3) is 0.125. The van der Waals surface area contributed by atoms with Gasteiger partial charge in [-0.15, -0.1) is 16.9 Å². The number of nitrogens with one attached hydrogen (secondary N) is 1. The zero-order chi connectivity index (χ0) is 18.0. The van der Waals surface area contributed by atoms with Crippen molar-refractivity contribution in [3.8, 4) is 0 Å². The summed E-state index contributed by atoms with van der Waals surface area (Å²) in [5.74, 6) is -0.492. The largest absolute Gasteiger partial charge is 0.318 e. The van der Waals surface area contributed by atoms with Crippen LogP contribution >= 0.6 is 23.1 Å². The lowest BCUT2D eigenvalue weighted by Gasteiger charge is -2.03. The summed E-state index contributed by atoms with van der Waals surface area (Å²) in [6.07, 6.45) is 1.75. The number of carbonyl (C=O) groups is 1. The summed E-state index contributed by atoms with van der Waals surface area (Å²) < 4.78 is 2.93. The molecule has 0 saturated heterocycles. The van der Waals surface area contributed by atoms with Gasteiger partial charge in [-0.3, -0.25) is 14.9 Å². The number of nitro groups is 1. The number of rotatable bonds is 4. The summed E-state index contributed by atoms with van der Waals surface area (Å²) in [7, 11) is 1.86. The van der Waals surface area contributed by atoms with Crippen molar-refractivity contribution < 1.29 is 9.72 Å². The van der Waals surface area contributed by atoms with Crippen molar-refractivity contribution in [3.63, 3.8) is 0 Å². The highest BCUT2D eigenvalue weighted by atomic mass is 32.2. The van der Waals surface area contributed by atoms with Gasteiger partial charge in [-0.05, 0) is 30.5 Å². The molecule has 0 fully saturated rings. The average Bonchev–Trinajstić information content (AvgIpc) is 2.95. The highest BCUT2D eigenvalue weighted by molar-refractivity contribution is 7.98. The number of aryl methyl sites for hydroxylation is 1. The van der Waals surface area contributed by atoms with Crippen LogP contribution in [0.15, 0.2) is 52.5 Å². The Balaban J connectivity index is 1.90. The molecule has 25 heavy (non-hydrogen) atoms. The van der Waals surface area contributed by atoms with Crippen LogP contribution in [0.2, 0.25) is 0 Å². The van der Waals surface area contributed by atoms with Gasteiger partial charge >= 0.3 is 0 Å². The third-order valence-electron chi connectivity index (χ3n) is 3.61. The van der Waals surface area contributed by atoms with E-state index in [0.29, 0.717) is 9.70 Å². The standard InChI is InChI=1S/C16H14N4O3S2/c1-19-11-5-3-4-6-14(11)25-16(19)18-17-15(21)10-7-8-13(24-2)12(9-10)20(22)23/h3-9H,1-2H3,(H,17,21)/b18-16-. The Morgan fingerprint density at radius 2 is 2.08 bits per heavy atom. The second-order valence-electron chi connectivity index (χ2n) is 5.11.